The average Bonchev–Trinajstić information content (AvgIpc) is 2.55. The summed E-state index contributed by atoms with van der Waals surface area (Å²) in [6, 6.07) is 17.3. The molecular weight excluding hydrogens is 258 g/mol. The van der Waals surface area contributed by atoms with Gasteiger partial charge in [0.2, 0.25) is 0 Å². The molecule has 108 valence electrons. The first-order chi connectivity index (χ1) is 10.3. The molecule has 1 N–H and O–H groups in total. The molecule has 0 aliphatic heterocycles. The Labute approximate surface area is 126 Å². The molecule has 2 rings (SSSR count). The first-order valence-electron chi connectivity index (χ1n) is 7.49. The molecule has 2 aromatic rings. The number of benzene rings is 2. The lowest BCUT2D eigenvalue weighted by Crippen LogP contribution is -2.05. The van der Waals surface area contributed by atoms with Crippen molar-refractivity contribution in [1.29, 1.82) is 5.41 Å². The van der Waals surface area contributed by atoms with Gasteiger partial charge in [-0.2, -0.15) is 0 Å². The van der Waals surface area contributed by atoms with Crippen LogP contribution in [-0.2, 0) is 6.42 Å². The molecule has 0 unspecified atom stereocenters. The number of aryl methyl sites for hydroxylation is 1. The predicted octanol–water partition coefficient (Wildman–Crippen LogP) is 4.67. The zero-order valence-electron chi connectivity index (χ0n) is 12.2. The van der Waals surface area contributed by atoms with Crippen LogP contribution in [0.15, 0.2) is 54.6 Å². The topological polar surface area (TPSA) is 40.9 Å². The summed E-state index contributed by atoms with van der Waals surface area (Å²) < 4.78 is 0. The Hall–Kier alpha value is -2.22. The van der Waals surface area contributed by atoms with Crippen LogP contribution < -0.4 is 0 Å². The van der Waals surface area contributed by atoms with Crippen molar-refractivity contribution in [2.24, 2.45) is 0 Å². The Morgan fingerprint density at radius 2 is 1.62 bits per heavy atom. The Kier molecular flexibility index (Phi) is 5.89. The van der Waals surface area contributed by atoms with E-state index in [1.807, 2.05) is 54.6 Å². The van der Waals surface area contributed by atoms with Crippen LogP contribution in [0.4, 0.5) is 0 Å². The molecule has 2 heteroatoms. The van der Waals surface area contributed by atoms with Crippen molar-refractivity contribution in [2.45, 2.75) is 32.1 Å². The van der Waals surface area contributed by atoms with E-state index < -0.39 is 0 Å². The van der Waals surface area contributed by atoms with E-state index in [9.17, 15) is 4.79 Å². The number of nitrogens with one attached hydrogen (secondary N) is 1. The van der Waals surface area contributed by atoms with Gasteiger partial charge in [0.15, 0.2) is 5.78 Å². The van der Waals surface area contributed by atoms with Crippen LogP contribution in [-0.4, -0.2) is 12.0 Å². The summed E-state index contributed by atoms with van der Waals surface area (Å²) in [6.07, 6.45) is 6.46. The van der Waals surface area contributed by atoms with E-state index in [2.05, 4.69) is 0 Å². The van der Waals surface area contributed by atoms with Gasteiger partial charge in [0, 0.05) is 11.1 Å². The smallest absolute Gasteiger partial charge is 0.193 e. The molecule has 0 saturated carbocycles. The fourth-order valence-corrected chi connectivity index (χ4v) is 2.44. The second-order valence-electron chi connectivity index (χ2n) is 5.16. The zero-order chi connectivity index (χ0) is 14.9. The van der Waals surface area contributed by atoms with Crippen LogP contribution in [0.25, 0.3) is 0 Å². The number of rotatable bonds is 8. The van der Waals surface area contributed by atoms with Crippen LogP contribution >= 0.6 is 0 Å². The van der Waals surface area contributed by atoms with Gasteiger partial charge in [-0.05, 0) is 37.5 Å². The summed E-state index contributed by atoms with van der Waals surface area (Å²) >= 11 is 0. The summed E-state index contributed by atoms with van der Waals surface area (Å²) in [5.41, 5.74) is 2.69. The minimum absolute atomic E-state index is 0.102. The lowest BCUT2D eigenvalue weighted by atomic mass is 9.95. The highest BCUT2D eigenvalue weighted by Gasteiger charge is 2.12. The standard InChI is InChI=1S/C19H21NO/c20-15-9-2-1-4-10-16-11-7-8-14-18(16)19(21)17-12-5-3-6-13-17/h3,5-8,11-15,20H,1-2,4,9-10H2. The van der Waals surface area contributed by atoms with Crippen molar-refractivity contribution >= 4 is 12.0 Å². The van der Waals surface area contributed by atoms with E-state index in [1.165, 1.54) is 6.21 Å². The fourth-order valence-electron chi connectivity index (χ4n) is 2.44. The van der Waals surface area contributed by atoms with Crippen molar-refractivity contribution in [3.63, 3.8) is 0 Å². The third-order valence-electron chi connectivity index (χ3n) is 3.59. The lowest BCUT2D eigenvalue weighted by Gasteiger charge is -2.08. The Morgan fingerprint density at radius 3 is 2.38 bits per heavy atom. The van der Waals surface area contributed by atoms with Gasteiger partial charge >= 0.3 is 0 Å². The molecule has 2 nitrogen and oxygen atoms in total. The highest BCUT2D eigenvalue weighted by molar-refractivity contribution is 6.09. The first kappa shape index (κ1) is 15.2. The van der Waals surface area contributed by atoms with Crippen molar-refractivity contribution < 1.29 is 4.79 Å². The second kappa shape index (κ2) is 8.15. The number of unbranched alkanes of at least 4 members (excludes halogenated alkanes) is 3. The number of hydrogen-bond donors (Lipinski definition) is 1. The number of carbonyl (C=O) groups is 1. The average molecular weight is 279 g/mol. The molecule has 0 bridgehead atoms. The Bertz CT molecular complexity index is 590. The third-order valence-corrected chi connectivity index (χ3v) is 3.59. The summed E-state index contributed by atoms with van der Waals surface area (Å²) in [6.45, 7) is 0. The maximum Gasteiger partial charge on any atom is 0.193 e. The Morgan fingerprint density at radius 1 is 0.905 bits per heavy atom. The second-order valence-corrected chi connectivity index (χ2v) is 5.16. The predicted molar refractivity (Wildman–Crippen MR) is 87.3 cm³/mol. The number of ketones is 1. The quantitative estimate of drug-likeness (QED) is 0.426. The minimum atomic E-state index is 0.102. The van der Waals surface area contributed by atoms with E-state index in [0.717, 1.165) is 48.8 Å². The highest BCUT2D eigenvalue weighted by atomic mass is 16.1. The molecule has 2 aromatic carbocycles. The zero-order valence-corrected chi connectivity index (χ0v) is 12.2. The van der Waals surface area contributed by atoms with Gasteiger partial charge in [0.05, 0.1) is 0 Å². The Balaban J connectivity index is 2.06. The van der Waals surface area contributed by atoms with Crippen molar-refractivity contribution in [1.82, 2.24) is 0 Å². The monoisotopic (exact) mass is 279 g/mol. The van der Waals surface area contributed by atoms with Gasteiger partial charge in [0.25, 0.3) is 0 Å². The third kappa shape index (κ3) is 4.38. The first-order valence-corrected chi connectivity index (χ1v) is 7.49. The van der Waals surface area contributed by atoms with Gasteiger partial charge in [-0.1, -0.05) is 61.0 Å². The summed E-state index contributed by atoms with van der Waals surface area (Å²) in [5, 5.41) is 7.02. The van der Waals surface area contributed by atoms with Gasteiger partial charge in [-0.25, -0.2) is 0 Å². The molecule has 0 atom stereocenters. The van der Waals surface area contributed by atoms with Gasteiger partial charge in [-0.15, -0.1) is 0 Å². The molecule has 0 aliphatic rings. The normalized spacial score (nSPS) is 10.3. The van der Waals surface area contributed by atoms with Crippen molar-refractivity contribution in [3.05, 3.63) is 71.3 Å². The van der Waals surface area contributed by atoms with Crippen LogP contribution in [0.2, 0.25) is 0 Å². The lowest BCUT2D eigenvalue weighted by molar-refractivity contribution is 0.103. The SMILES string of the molecule is N=CCCCCCc1ccccc1C(=O)c1ccccc1. The fraction of sp³-hybridized carbons (Fsp3) is 0.263. The van der Waals surface area contributed by atoms with Crippen LogP contribution in [0.1, 0.15) is 47.2 Å². The number of carbonyl (C=O) groups excluding carboxylic acids is 1. The molecule has 21 heavy (non-hydrogen) atoms. The molecule has 0 aromatic heterocycles. The van der Waals surface area contributed by atoms with Gasteiger partial charge in [-0.3, -0.25) is 4.79 Å². The maximum atomic E-state index is 12.6. The maximum absolute atomic E-state index is 12.6. The van der Waals surface area contributed by atoms with Gasteiger partial charge < -0.3 is 5.41 Å². The van der Waals surface area contributed by atoms with Crippen LogP contribution in [0, 0.1) is 5.41 Å². The van der Waals surface area contributed by atoms with E-state index in [1.54, 1.807) is 0 Å². The largest absolute Gasteiger partial charge is 0.313 e. The van der Waals surface area contributed by atoms with Crippen molar-refractivity contribution in [2.75, 3.05) is 0 Å². The van der Waals surface area contributed by atoms with Gasteiger partial charge in [0.1, 0.15) is 0 Å². The molecular formula is C19H21NO. The molecule has 0 saturated heterocycles. The molecule has 0 spiro atoms. The summed E-state index contributed by atoms with van der Waals surface area (Å²) in [5.74, 6) is 0.102. The van der Waals surface area contributed by atoms with E-state index in [4.69, 9.17) is 5.41 Å². The highest BCUT2D eigenvalue weighted by Crippen LogP contribution is 2.17. The van der Waals surface area contributed by atoms with Crippen LogP contribution in [0.3, 0.4) is 0 Å². The van der Waals surface area contributed by atoms with E-state index in [-0.39, 0.29) is 5.78 Å². The summed E-state index contributed by atoms with van der Waals surface area (Å²) in [7, 11) is 0. The van der Waals surface area contributed by atoms with E-state index in [0.29, 0.717) is 0 Å². The van der Waals surface area contributed by atoms with E-state index >= 15 is 0 Å². The van der Waals surface area contributed by atoms with Crippen molar-refractivity contribution in [3.8, 4) is 0 Å². The molecule has 0 aliphatic carbocycles. The van der Waals surface area contributed by atoms with Crippen LogP contribution in [0.5, 0.6) is 0 Å². The molecule has 0 fully saturated rings. The summed E-state index contributed by atoms with van der Waals surface area (Å²) in [4.78, 5) is 12.6. The molecule has 0 amide bonds. The number of hydrogen-bond acceptors (Lipinski definition) is 2. The minimum Gasteiger partial charge on any atom is -0.313 e. The molecule has 0 radical (unpaired) electrons. The molecule has 0 heterocycles.